The molecule has 4 aliphatic rings. The third kappa shape index (κ3) is 3.32. The van der Waals surface area contributed by atoms with E-state index in [4.69, 9.17) is 4.43 Å². The van der Waals surface area contributed by atoms with Crippen molar-refractivity contribution in [3.63, 3.8) is 0 Å². The molecule has 0 radical (unpaired) electrons. The molecule has 0 aromatic rings. The average Bonchev–Trinajstić information content (AvgIpc) is 2.95. The Bertz CT molecular complexity index is 732. The van der Waals surface area contributed by atoms with Gasteiger partial charge in [-0.1, -0.05) is 53.2 Å². The number of hydrogen-bond acceptors (Lipinski definition) is 2. The third-order valence-corrected chi connectivity index (χ3v) is 15.2. The third-order valence-electron chi connectivity index (χ3n) is 10.7. The van der Waals surface area contributed by atoms with Crippen LogP contribution in [0.5, 0.6) is 0 Å². The van der Waals surface area contributed by atoms with Gasteiger partial charge in [-0.15, -0.1) is 0 Å². The van der Waals surface area contributed by atoms with Crippen molar-refractivity contribution in [3.8, 4) is 0 Å². The first kappa shape index (κ1) is 22.8. The molecule has 0 aliphatic heterocycles. The van der Waals surface area contributed by atoms with Gasteiger partial charge in [-0.25, -0.2) is 0 Å². The summed E-state index contributed by atoms with van der Waals surface area (Å²) in [5.74, 6) is 3.31. The Morgan fingerprint density at radius 3 is 2.33 bits per heavy atom. The van der Waals surface area contributed by atoms with E-state index in [2.05, 4.69) is 60.7 Å². The molecule has 4 aliphatic carbocycles. The maximum absolute atomic E-state index is 12.8. The van der Waals surface area contributed by atoms with Gasteiger partial charge in [-0.3, -0.25) is 4.79 Å². The fraction of sp³-hybridized carbons (Fsp3) is 0.889. The lowest BCUT2D eigenvalue weighted by Crippen LogP contribution is -2.54. The monoisotopic (exact) mass is 430 g/mol. The van der Waals surface area contributed by atoms with Crippen LogP contribution in [0, 0.1) is 34.5 Å². The smallest absolute Gasteiger partial charge is 0.192 e. The van der Waals surface area contributed by atoms with Gasteiger partial charge in [-0.05, 0) is 92.2 Å². The molecule has 2 unspecified atom stereocenters. The highest BCUT2D eigenvalue weighted by molar-refractivity contribution is 6.74. The summed E-state index contributed by atoms with van der Waals surface area (Å²) in [6, 6.07) is 0. The Balaban J connectivity index is 1.62. The van der Waals surface area contributed by atoms with Gasteiger partial charge in [0.2, 0.25) is 0 Å². The van der Waals surface area contributed by atoms with Crippen LogP contribution in [-0.2, 0) is 9.22 Å². The van der Waals surface area contributed by atoms with Crippen LogP contribution in [-0.4, -0.2) is 20.2 Å². The average molecular weight is 431 g/mol. The van der Waals surface area contributed by atoms with Gasteiger partial charge >= 0.3 is 0 Å². The molecule has 0 aromatic heterocycles. The van der Waals surface area contributed by atoms with Crippen molar-refractivity contribution in [2.24, 2.45) is 34.5 Å². The standard InChI is InChI=1S/C27H46O2Si/c1-9-18-16-19-17-20(29-30(7,8)25(2,3)4)12-14-26(19,5)22-13-15-27(6)21(24(18)22)10-11-23(27)28/h16,18,20-22,24H,9-15,17H2,1-8H3/t18?,20?,21-,22+,24-,26-,27-/m0/s1. The quantitative estimate of drug-likeness (QED) is 0.341. The summed E-state index contributed by atoms with van der Waals surface area (Å²) in [6.07, 6.45) is 12.3. The second kappa shape index (κ2) is 7.30. The van der Waals surface area contributed by atoms with Crippen LogP contribution in [0.4, 0.5) is 0 Å². The van der Waals surface area contributed by atoms with Crippen LogP contribution in [0.15, 0.2) is 11.6 Å². The summed E-state index contributed by atoms with van der Waals surface area (Å²) in [6.45, 7) is 19.1. The number of rotatable bonds is 3. The van der Waals surface area contributed by atoms with Crippen molar-refractivity contribution in [2.75, 3.05) is 0 Å². The molecular formula is C27H46O2Si. The van der Waals surface area contributed by atoms with E-state index in [1.807, 2.05) is 0 Å². The van der Waals surface area contributed by atoms with Gasteiger partial charge in [0.05, 0.1) is 0 Å². The molecule has 3 heteroatoms. The number of fused-ring (bicyclic) bond motifs is 5. The minimum atomic E-state index is -1.73. The van der Waals surface area contributed by atoms with Crippen LogP contribution in [0.25, 0.3) is 0 Å². The van der Waals surface area contributed by atoms with Gasteiger partial charge < -0.3 is 4.43 Å². The first-order valence-electron chi connectivity index (χ1n) is 12.8. The van der Waals surface area contributed by atoms with E-state index >= 15 is 0 Å². The van der Waals surface area contributed by atoms with Crippen molar-refractivity contribution >= 4 is 14.1 Å². The fourth-order valence-electron chi connectivity index (χ4n) is 7.65. The molecular weight excluding hydrogens is 384 g/mol. The largest absolute Gasteiger partial charge is 0.414 e. The highest BCUT2D eigenvalue weighted by atomic mass is 28.4. The predicted octanol–water partition coefficient (Wildman–Crippen LogP) is 7.54. The van der Waals surface area contributed by atoms with Crippen LogP contribution < -0.4 is 0 Å². The fourth-order valence-corrected chi connectivity index (χ4v) is 9.03. The minimum absolute atomic E-state index is 0.0288. The first-order valence-corrected chi connectivity index (χ1v) is 15.7. The molecule has 7 atom stereocenters. The number of hydrogen-bond donors (Lipinski definition) is 0. The Hall–Kier alpha value is -0.413. The van der Waals surface area contributed by atoms with Crippen molar-refractivity contribution in [1.82, 2.24) is 0 Å². The molecule has 170 valence electrons. The van der Waals surface area contributed by atoms with Gasteiger partial charge in [0.15, 0.2) is 8.32 Å². The van der Waals surface area contributed by atoms with Crippen LogP contribution in [0.1, 0.15) is 92.9 Å². The Morgan fingerprint density at radius 1 is 1.07 bits per heavy atom. The van der Waals surface area contributed by atoms with Crippen molar-refractivity contribution in [3.05, 3.63) is 11.6 Å². The molecule has 3 saturated carbocycles. The summed E-state index contributed by atoms with van der Waals surface area (Å²) in [5.41, 5.74) is 2.01. The predicted molar refractivity (Wildman–Crippen MR) is 128 cm³/mol. The van der Waals surface area contributed by atoms with E-state index in [1.165, 1.54) is 25.7 Å². The molecule has 0 amide bonds. The highest BCUT2D eigenvalue weighted by Crippen LogP contribution is 2.65. The molecule has 2 nitrogen and oxygen atoms in total. The highest BCUT2D eigenvalue weighted by Gasteiger charge is 2.60. The van der Waals surface area contributed by atoms with Gasteiger partial charge in [0, 0.05) is 17.9 Å². The van der Waals surface area contributed by atoms with Crippen LogP contribution in [0.3, 0.4) is 0 Å². The van der Waals surface area contributed by atoms with Crippen molar-refractivity contribution in [2.45, 2.75) is 117 Å². The zero-order valence-corrected chi connectivity index (χ0v) is 21.9. The van der Waals surface area contributed by atoms with E-state index in [0.29, 0.717) is 35.1 Å². The lowest BCUT2D eigenvalue weighted by Gasteiger charge is -2.59. The van der Waals surface area contributed by atoms with Gasteiger partial charge in [0.25, 0.3) is 0 Å². The number of carbonyl (C=O) groups excluding carboxylic acids is 1. The summed E-state index contributed by atoms with van der Waals surface area (Å²) in [4.78, 5) is 12.8. The number of Topliss-reactive ketones (excluding diaryl/α,β-unsaturated/α-hetero) is 1. The van der Waals surface area contributed by atoms with Crippen LogP contribution >= 0.6 is 0 Å². The second-order valence-corrected chi connectivity index (χ2v) is 17.9. The zero-order chi connectivity index (χ0) is 22.1. The van der Waals surface area contributed by atoms with E-state index < -0.39 is 8.32 Å². The normalized spacial score (nSPS) is 44.2. The second-order valence-electron chi connectivity index (χ2n) is 13.1. The van der Waals surface area contributed by atoms with E-state index in [-0.39, 0.29) is 10.5 Å². The number of ketones is 1. The summed E-state index contributed by atoms with van der Waals surface area (Å²) >= 11 is 0. The minimum Gasteiger partial charge on any atom is -0.414 e. The number of carbonyl (C=O) groups is 1. The summed E-state index contributed by atoms with van der Waals surface area (Å²) in [7, 11) is -1.73. The molecule has 30 heavy (non-hydrogen) atoms. The molecule has 0 aromatic carbocycles. The van der Waals surface area contributed by atoms with Gasteiger partial charge in [0.1, 0.15) is 5.78 Å². The Kier molecular flexibility index (Phi) is 5.54. The Labute approximate surface area is 186 Å². The lowest BCUT2D eigenvalue weighted by molar-refractivity contribution is -0.133. The SMILES string of the molecule is CCC1C=C2CC(O[Si](C)(C)C(C)(C)C)CC[C@]2(C)[C@@H]2CC[C@]3(C)C(=O)CC[C@H]3[C@H]12. The zero-order valence-electron chi connectivity index (χ0n) is 20.9. The molecule has 3 fully saturated rings. The molecule has 0 saturated heterocycles. The number of allylic oxidation sites excluding steroid dienone is 1. The molecule has 0 bridgehead atoms. The molecule has 0 N–H and O–H groups in total. The van der Waals surface area contributed by atoms with E-state index in [1.54, 1.807) is 5.57 Å². The van der Waals surface area contributed by atoms with Crippen molar-refractivity contribution in [1.29, 1.82) is 0 Å². The van der Waals surface area contributed by atoms with E-state index in [9.17, 15) is 4.79 Å². The van der Waals surface area contributed by atoms with Crippen molar-refractivity contribution < 1.29 is 9.22 Å². The molecule has 0 heterocycles. The van der Waals surface area contributed by atoms with Crippen LogP contribution in [0.2, 0.25) is 18.1 Å². The summed E-state index contributed by atoms with van der Waals surface area (Å²) in [5, 5.41) is 0.272. The van der Waals surface area contributed by atoms with E-state index in [0.717, 1.165) is 31.6 Å². The summed E-state index contributed by atoms with van der Waals surface area (Å²) < 4.78 is 6.89. The van der Waals surface area contributed by atoms with Gasteiger partial charge in [-0.2, -0.15) is 0 Å². The molecule has 0 spiro atoms. The maximum atomic E-state index is 12.8. The lowest BCUT2D eigenvalue weighted by atomic mass is 9.45. The topological polar surface area (TPSA) is 26.3 Å². The Morgan fingerprint density at radius 2 is 1.70 bits per heavy atom. The molecule has 4 rings (SSSR count). The first-order chi connectivity index (χ1) is 13.8. The maximum Gasteiger partial charge on any atom is 0.192 e.